The Morgan fingerprint density at radius 2 is 1.73 bits per heavy atom. The molecule has 190 valence electrons. The van der Waals surface area contributed by atoms with Crippen molar-refractivity contribution in [2.24, 2.45) is 11.8 Å². The van der Waals surface area contributed by atoms with Gasteiger partial charge in [0.15, 0.2) is 16.6 Å². The van der Waals surface area contributed by atoms with Crippen molar-refractivity contribution in [1.29, 1.82) is 0 Å². The number of nitrogens with zero attached hydrogens (tertiary/aromatic N) is 4. The Kier molecular flexibility index (Phi) is 5.86. The van der Waals surface area contributed by atoms with Crippen molar-refractivity contribution in [2.75, 3.05) is 26.2 Å². The van der Waals surface area contributed by atoms with Crippen LogP contribution in [-0.4, -0.2) is 62.3 Å². The van der Waals surface area contributed by atoms with E-state index in [-0.39, 0.29) is 17.5 Å². The third-order valence-corrected chi connectivity index (χ3v) is 8.16. The average molecular weight is 524 g/mol. The fourth-order valence-corrected chi connectivity index (χ4v) is 5.92. The summed E-state index contributed by atoms with van der Waals surface area (Å²) in [7, 11) is 0. The Morgan fingerprint density at radius 3 is 2.43 bits per heavy atom. The molecule has 0 unspecified atom stereocenters. The molecule has 2 aliphatic rings. The predicted octanol–water partition coefficient (Wildman–Crippen LogP) is 3.68. The molecule has 2 amide bonds. The minimum Gasteiger partial charge on any atom is -0.338 e. The summed E-state index contributed by atoms with van der Waals surface area (Å²) in [6.07, 6.45) is 3.46. The van der Waals surface area contributed by atoms with Gasteiger partial charge < -0.3 is 14.8 Å². The maximum atomic E-state index is 13.7. The smallest absolute Gasteiger partial charge is 0.331 e. The van der Waals surface area contributed by atoms with Crippen molar-refractivity contribution >= 4 is 34.2 Å². The number of likely N-dealkylation sites (tertiary alicyclic amines) is 2. The van der Waals surface area contributed by atoms with E-state index in [0.717, 1.165) is 25.0 Å². The number of thiazole rings is 1. The van der Waals surface area contributed by atoms with Crippen LogP contribution in [0.3, 0.4) is 0 Å². The molecular formula is C26H23F2N5O3S. The van der Waals surface area contributed by atoms with Crippen molar-refractivity contribution < 1.29 is 18.4 Å². The highest BCUT2D eigenvalue weighted by atomic mass is 32.1. The van der Waals surface area contributed by atoms with Gasteiger partial charge in [0, 0.05) is 49.4 Å². The molecule has 0 bridgehead atoms. The standard InChI is InChI=1S/C26H23F2N5O3S/c27-19-3-2-18(12-20(19)28)33-22-4-1-16(11-21(22)30-26(33)36)24(34)32-13-17(14-32)15-5-8-31(9-6-15)25(35)23-29-7-10-37-23/h1-4,7,10-12,15,17H,5-6,8-9,13-14H2,(H,30,36). The van der Waals surface area contributed by atoms with E-state index in [9.17, 15) is 23.2 Å². The molecule has 0 spiro atoms. The number of rotatable bonds is 4. The molecule has 8 nitrogen and oxygen atoms in total. The van der Waals surface area contributed by atoms with E-state index in [4.69, 9.17) is 0 Å². The van der Waals surface area contributed by atoms with Gasteiger partial charge in [0.05, 0.1) is 16.7 Å². The molecule has 6 rings (SSSR count). The van der Waals surface area contributed by atoms with E-state index in [1.165, 1.54) is 22.0 Å². The Hall–Kier alpha value is -3.86. The minimum atomic E-state index is -1.05. The number of piperidine rings is 1. The van der Waals surface area contributed by atoms with Crippen LogP contribution in [-0.2, 0) is 0 Å². The topological polar surface area (TPSA) is 91.3 Å². The highest BCUT2D eigenvalue weighted by Gasteiger charge is 2.38. The van der Waals surface area contributed by atoms with Crippen molar-refractivity contribution in [3.8, 4) is 5.69 Å². The van der Waals surface area contributed by atoms with Crippen molar-refractivity contribution in [3.05, 3.63) is 80.7 Å². The van der Waals surface area contributed by atoms with E-state index < -0.39 is 17.3 Å². The Balaban J connectivity index is 1.10. The van der Waals surface area contributed by atoms with Crippen molar-refractivity contribution in [1.82, 2.24) is 24.3 Å². The zero-order chi connectivity index (χ0) is 25.7. The summed E-state index contributed by atoms with van der Waals surface area (Å²) < 4.78 is 28.3. The SMILES string of the molecule is O=C(c1ccc2c(c1)[nH]c(=O)n2-c1ccc(F)c(F)c1)N1CC(C2CCN(C(=O)c3nccs3)CC2)C1. The van der Waals surface area contributed by atoms with Crippen LogP contribution in [0.15, 0.2) is 52.8 Å². The fraction of sp³-hybridized carbons (Fsp3) is 0.308. The highest BCUT2D eigenvalue weighted by Crippen LogP contribution is 2.33. The minimum absolute atomic E-state index is 0.00862. The van der Waals surface area contributed by atoms with E-state index in [1.807, 2.05) is 4.90 Å². The molecule has 4 heterocycles. The first-order valence-electron chi connectivity index (χ1n) is 12.1. The number of H-pyrrole nitrogens is 1. The van der Waals surface area contributed by atoms with Gasteiger partial charge in [0.2, 0.25) is 0 Å². The van der Waals surface area contributed by atoms with Gasteiger partial charge in [-0.3, -0.25) is 14.2 Å². The normalized spacial score (nSPS) is 16.8. The second-order valence-corrected chi connectivity index (χ2v) is 10.4. The fourth-order valence-electron chi connectivity index (χ4n) is 5.32. The van der Waals surface area contributed by atoms with Crippen LogP contribution in [0.25, 0.3) is 16.7 Å². The predicted molar refractivity (Wildman–Crippen MR) is 134 cm³/mol. The number of nitrogens with one attached hydrogen (secondary N) is 1. The number of carbonyl (C=O) groups is 2. The van der Waals surface area contributed by atoms with Gasteiger partial charge in [-0.2, -0.15) is 0 Å². The summed E-state index contributed by atoms with van der Waals surface area (Å²) >= 11 is 1.36. The third-order valence-electron chi connectivity index (χ3n) is 7.40. The monoisotopic (exact) mass is 523 g/mol. The lowest BCUT2D eigenvalue weighted by Gasteiger charge is -2.46. The van der Waals surface area contributed by atoms with Gasteiger partial charge in [0.1, 0.15) is 0 Å². The number of benzene rings is 2. The van der Waals surface area contributed by atoms with Gasteiger partial charge in [-0.1, -0.05) is 0 Å². The van der Waals surface area contributed by atoms with Gasteiger partial charge >= 0.3 is 5.69 Å². The van der Waals surface area contributed by atoms with Crippen LogP contribution in [0.5, 0.6) is 0 Å². The molecule has 1 N–H and O–H groups in total. The molecule has 2 aromatic carbocycles. The summed E-state index contributed by atoms with van der Waals surface area (Å²) in [5.74, 6) is -1.30. The Morgan fingerprint density at radius 1 is 0.946 bits per heavy atom. The molecule has 11 heteroatoms. The average Bonchev–Trinajstić information content (AvgIpc) is 3.52. The molecule has 0 radical (unpaired) electrons. The zero-order valence-electron chi connectivity index (χ0n) is 19.7. The first-order chi connectivity index (χ1) is 17.9. The lowest BCUT2D eigenvalue weighted by Crippen LogP contribution is -2.54. The molecule has 2 saturated heterocycles. The molecule has 2 aromatic heterocycles. The maximum absolute atomic E-state index is 13.7. The van der Waals surface area contributed by atoms with E-state index in [1.54, 1.807) is 34.7 Å². The van der Waals surface area contributed by atoms with E-state index in [0.29, 0.717) is 59.6 Å². The largest absolute Gasteiger partial charge is 0.338 e. The van der Waals surface area contributed by atoms with Gasteiger partial charge in [-0.25, -0.2) is 18.6 Å². The third kappa shape index (κ3) is 4.22. The molecular weight excluding hydrogens is 500 g/mol. The van der Waals surface area contributed by atoms with E-state index in [2.05, 4.69) is 9.97 Å². The van der Waals surface area contributed by atoms with Crippen LogP contribution >= 0.6 is 11.3 Å². The maximum Gasteiger partial charge on any atom is 0.331 e. The Labute approximate surface area is 214 Å². The summed E-state index contributed by atoms with van der Waals surface area (Å²) in [5.41, 5.74) is 1.05. The second-order valence-electron chi connectivity index (χ2n) is 9.53. The number of aromatic amines is 1. The first kappa shape index (κ1) is 23.5. The van der Waals surface area contributed by atoms with Crippen LogP contribution < -0.4 is 5.69 Å². The summed E-state index contributed by atoms with van der Waals surface area (Å²) in [5, 5.41) is 2.33. The molecule has 2 aliphatic heterocycles. The summed E-state index contributed by atoms with van der Waals surface area (Å²) in [6, 6.07) is 8.15. The van der Waals surface area contributed by atoms with Crippen molar-refractivity contribution in [3.63, 3.8) is 0 Å². The first-order valence-corrected chi connectivity index (χ1v) is 13.0. The van der Waals surface area contributed by atoms with Crippen LogP contribution in [0.1, 0.15) is 33.0 Å². The number of imidazole rings is 1. The van der Waals surface area contributed by atoms with Crippen LogP contribution in [0.2, 0.25) is 0 Å². The number of hydrogen-bond donors (Lipinski definition) is 1. The van der Waals surface area contributed by atoms with Gasteiger partial charge in [0.25, 0.3) is 11.8 Å². The highest BCUT2D eigenvalue weighted by molar-refractivity contribution is 7.11. The summed E-state index contributed by atoms with van der Waals surface area (Å²) in [4.78, 5) is 48.6. The van der Waals surface area contributed by atoms with Crippen molar-refractivity contribution in [2.45, 2.75) is 12.8 Å². The number of amides is 2. The zero-order valence-corrected chi connectivity index (χ0v) is 20.5. The number of hydrogen-bond acceptors (Lipinski definition) is 5. The van der Waals surface area contributed by atoms with Gasteiger partial charge in [-0.15, -0.1) is 11.3 Å². The second kappa shape index (κ2) is 9.22. The molecule has 4 aromatic rings. The number of fused-ring (bicyclic) bond motifs is 1. The number of halogens is 2. The van der Waals surface area contributed by atoms with E-state index >= 15 is 0 Å². The molecule has 37 heavy (non-hydrogen) atoms. The summed E-state index contributed by atoms with van der Waals surface area (Å²) in [6.45, 7) is 2.72. The molecule has 2 fully saturated rings. The number of carbonyl (C=O) groups excluding carboxylic acids is 2. The van der Waals surface area contributed by atoms with Crippen LogP contribution in [0, 0.1) is 23.5 Å². The molecule has 0 atom stereocenters. The lowest BCUT2D eigenvalue weighted by molar-refractivity contribution is 0.0228. The quantitative estimate of drug-likeness (QED) is 0.442. The number of aromatic nitrogens is 3. The molecule has 0 aliphatic carbocycles. The van der Waals surface area contributed by atoms with Crippen LogP contribution in [0.4, 0.5) is 8.78 Å². The Bertz CT molecular complexity index is 1550. The van der Waals surface area contributed by atoms with Gasteiger partial charge in [-0.05, 0) is 55.0 Å². The lowest BCUT2D eigenvalue weighted by atomic mass is 9.79. The molecule has 0 saturated carbocycles.